The molecule has 0 fully saturated rings. The zero-order valence-corrected chi connectivity index (χ0v) is 16.2. The maximum absolute atomic E-state index is 12.2. The van der Waals surface area contributed by atoms with Crippen molar-refractivity contribution in [1.82, 2.24) is 15.0 Å². The van der Waals surface area contributed by atoms with Gasteiger partial charge in [0.25, 0.3) is 0 Å². The lowest BCUT2D eigenvalue weighted by Crippen LogP contribution is -2.30. The van der Waals surface area contributed by atoms with Crippen LogP contribution in [-0.4, -0.2) is 25.9 Å². The summed E-state index contributed by atoms with van der Waals surface area (Å²) in [6.07, 6.45) is 4.97. The Hall–Kier alpha value is -2.97. The number of aromatic nitrogens is 1. The fourth-order valence-electron chi connectivity index (χ4n) is 2.62. The van der Waals surface area contributed by atoms with E-state index in [1.165, 1.54) is 6.07 Å². The Morgan fingerprint density at radius 3 is 2.75 bits per heavy atom. The minimum Gasteiger partial charge on any atom is -0.464 e. The molecule has 2 N–H and O–H groups in total. The lowest BCUT2D eigenvalue weighted by molar-refractivity contribution is -0.121. The summed E-state index contributed by atoms with van der Waals surface area (Å²) >= 11 is 0. The average Bonchev–Trinajstić information content (AvgIpc) is 3.21. The number of hydrogen-bond acceptors (Lipinski definition) is 5. The molecule has 0 unspecified atom stereocenters. The van der Waals surface area contributed by atoms with Crippen molar-refractivity contribution >= 4 is 15.9 Å². The number of carbonyl (C=O) groups is 1. The van der Waals surface area contributed by atoms with Gasteiger partial charge >= 0.3 is 0 Å². The number of sulfonamides is 1. The summed E-state index contributed by atoms with van der Waals surface area (Å²) in [4.78, 5) is 16.4. The van der Waals surface area contributed by atoms with Gasteiger partial charge in [-0.25, -0.2) is 13.1 Å². The topological polar surface area (TPSA) is 101 Å². The number of nitrogens with one attached hydrogen (secondary N) is 2. The van der Waals surface area contributed by atoms with Crippen LogP contribution in [0.5, 0.6) is 0 Å². The Balaban J connectivity index is 1.48. The van der Waals surface area contributed by atoms with Crippen LogP contribution in [0.2, 0.25) is 0 Å². The molecule has 0 spiro atoms. The quantitative estimate of drug-likeness (QED) is 0.606. The van der Waals surface area contributed by atoms with Crippen molar-refractivity contribution in [1.29, 1.82) is 0 Å². The SMILES string of the molecule is Cc1cccc(S(=O)(=O)NCCC(=O)NCc2cncc(-c3ccco3)c2)c1. The average molecular weight is 399 g/mol. The largest absolute Gasteiger partial charge is 0.464 e. The lowest BCUT2D eigenvalue weighted by Gasteiger charge is -2.08. The van der Waals surface area contributed by atoms with E-state index in [9.17, 15) is 13.2 Å². The molecule has 0 atom stereocenters. The van der Waals surface area contributed by atoms with Crippen LogP contribution in [0.3, 0.4) is 0 Å². The van der Waals surface area contributed by atoms with Gasteiger partial charge in [0.05, 0.1) is 11.2 Å². The molecule has 3 aromatic rings. The van der Waals surface area contributed by atoms with Crippen molar-refractivity contribution in [2.24, 2.45) is 0 Å². The van der Waals surface area contributed by atoms with E-state index < -0.39 is 10.0 Å². The van der Waals surface area contributed by atoms with E-state index in [0.717, 1.165) is 16.7 Å². The molecule has 0 aliphatic carbocycles. The van der Waals surface area contributed by atoms with Crippen LogP contribution in [0.15, 0.2) is 70.4 Å². The molecule has 2 aromatic heterocycles. The van der Waals surface area contributed by atoms with Gasteiger partial charge in [-0.2, -0.15) is 0 Å². The zero-order chi connectivity index (χ0) is 20.0. The summed E-state index contributed by atoms with van der Waals surface area (Å²) in [5.74, 6) is 0.446. The molecule has 3 rings (SSSR count). The monoisotopic (exact) mass is 399 g/mol. The van der Waals surface area contributed by atoms with Crippen LogP contribution in [0.1, 0.15) is 17.5 Å². The highest BCUT2D eigenvalue weighted by molar-refractivity contribution is 7.89. The summed E-state index contributed by atoms with van der Waals surface area (Å²) < 4.78 is 32.3. The first-order valence-electron chi connectivity index (χ1n) is 8.75. The van der Waals surface area contributed by atoms with Crippen LogP contribution < -0.4 is 10.0 Å². The Morgan fingerprint density at radius 2 is 2.00 bits per heavy atom. The number of benzene rings is 1. The van der Waals surface area contributed by atoms with E-state index in [4.69, 9.17) is 4.42 Å². The number of pyridine rings is 1. The van der Waals surface area contributed by atoms with E-state index in [1.54, 1.807) is 36.9 Å². The van der Waals surface area contributed by atoms with Gasteiger partial charge in [0.1, 0.15) is 5.76 Å². The first-order chi connectivity index (χ1) is 13.4. The molecule has 0 bridgehead atoms. The summed E-state index contributed by atoms with van der Waals surface area (Å²) in [6.45, 7) is 2.14. The minimum absolute atomic E-state index is 0.0206. The molecule has 0 aliphatic heterocycles. The third kappa shape index (κ3) is 5.28. The van der Waals surface area contributed by atoms with Crippen molar-refractivity contribution in [2.45, 2.75) is 24.8 Å². The van der Waals surface area contributed by atoms with Gasteiger partial charge in [-0.15, -0.1) is 0 Å². The maximum Gasteiger partial charge on any atom is 0.240 e. The molecule has 0 radical (unpaired) electrons. The van der Waals surface area contributed by atoms with Crippen molar-refractivity contribution < 1.29 is 17.6 Å². The van der Waals surface area contributed by atoms with Gasteiger partial charge in [-0.3, -0.25) is 9.78 Å². The number of rotatable bonds is 8. The van der Waals surface area contributed by atoms with E-state index in [0.29, 0.717) is 12.3 Å². The van der Waals surface area contributed by atoms with E-state index in [2.05, 4.69) is 15.0 Å². The minimum atomic E-state index is -3.63. The van der Waals surface area contributed by atoms with Crippen LogP contribution in [-0.2, 0) is 21.4 Å². The highest BCUT2D eigenvalue weighted by Gasteiger charge is 2.14. The molecule has 7 nitrogen and oxygen atoms in total. The number of amides is 1. The molecule has 146 valence electrons. The molecule has 28 heavy (non-hydrogen) atoms. The molecular weight excluding hydrogens is 378 g/mol. The first kappa shape index (κ1) is 19.8. The van der Waals surface area contributed by atoms with Crippen molar-refractivity contribution in [2.75, 3.05) is 6.54 Å². The number of furan rings is 1. The van der Waals surface area contributed by atoms with Crippen LogP contribution >= 0.6 is 0 Å². The van der Waals surface area contributed by atoms with Gasteiger partial charge in [0.2, 0.25) is 15.9 Å². The molecule has 1 aromatic carbocycles. The lowest BCUT2D eigenvalue weighted by atomic mass is 10.1. The molecule has 0 saturated carbocycles. The first-order valence-corrected chi connectivity index (χ1v) is 10.2. The van der Waals surface area contributed by atoms with E-state index >= 15 is 0 Å². The number of nitrogens with zero attached hydrogens (tertiary/aromatic N) is 1. The molecular formula is C20H21N3O4S. The Labute approximate surface area is 163 Å². The van der Waals surface area contributed by atoms with Crippen molar-refractivity contribution in [3.05, 3.63) is 72.2 Å². The summed E-state index contributed by atoms with van der Waals surface area (Å²) in [5.41, 5.74) is 2.50. The van der Waals surface area contributed by atoms with Crippen LogP contribution in [0.25, 0.3) is 11.3 Å². The molecule has 0 saturated heterocycles. The van der Waals surface area contributed by atoms with Crippen molar-refractivity contribution in [3.8, 4) is 11.3 Å². The second-order valence-electron chi connectivity index (χ2n) is 6.30. The van der Waals surface area contributed by atoms with Crippen LogP contribution in [0, 0.1) is 6.92 Å². The van der Waals surface area contributed by atoms with E-state index in [1.807, 2.05) is 25.1 Å². The van der Waals surface area contributed by atoms with Gasteiger partial charge in [0, 0.05) is 37.5 Å². The molecule has 1 amide bonds. The third-order valence-corrected chi connectivity index (χ3v) is 5.49. The summed E-state index contributed by atoms with van der Waals surface area (Å²) in [6, 6.07) is 12.1. The fraction of sp³-hybridized carbons (Fsp3) is 0.200. The van der Waals surface area contributed by atoms with Gasteiger partial charge in [0.15, 0.2) is 0 Å². The Morgan fingerprint density at radius 1 is 1.14 bits per heavy atom. The van der Waals surface area contributed by atoms with Gasteiger partial charge < -0.3 is 9.73 Å². The van der Waals surface area contributed by atoms with Gasteiger partial charge in [-0.05, 0) is 48.4 Å². The van der Waals surface area contributed by atoms with Gasteiger partial charge in [-0.1, -0.05) is 12.1 Å². The fourth-order valence-corrected chi connectivity index (χ4v) is 3.75. The highest BCUT2D eigenvalue weighted by atomic mass is 32.2. The zero-order valence-electron chi connectivity index (χ0n) is 15.4. The number of hydrogen-bond donors (Lipinski definition) is 2. The predicted molar refractivity (Wildman–Crippen MR) is 105 cm³/mol. The molecule has 2 heterocycles. The smallest absolute Gasteiger partial charge is 0.240 e. The van der Waals surface area contributed by atoms with E-state index in [-0.39, 0.29) is 23.8 Å². The number of aryl methyl sites for hydroxylation is 1. The summed E-state index contributed by atoms with van der Waals surface area (Å²) in [7, 11) is -3.63. The second kappa shape index (κ2) is 8.81. The van der Waals surface area contributed by atoms with Crippen molar-refractivity contribution in [3.63, 3.8) is 0 Å². The normalized spacial score (nSPS) is 11.3. The molecule has 0 aliphatic rings. The standard InChI is InChI=1S/C20H21N3O4S/c1-15-4-2-5-18(10-15)28(25,26)23-8-7-20(24)22-13-16-11-17(14-21-12-16)19-6-3-9-27-19/h2-6,9-12,14,23H,7-8,13H2,1H3,(H,22,24). The highest BCUT2D eigenvalue weighted by Crippen LogP contribution is 2.19. The second-order valence-corrected chi connectivity index (χ2v) is 8.07. The predicted octanol–water partition coefficient (Wildman–Crippen LogP) is 2.63. The third-order valence-electron chi connectivity index (χ3n) is 4.03. The number of carbonyl (C=O) groups excluding carboxylic acids is 1. The van der Waals surface area contributed by atoms with Crippen LogP contribution in [0.4, 0.5) is 0 Å². The molecule has 8 heteroatoms. The Kier molecular flexibility index (Phi) is 6.23. The Bertz CT molecular complexity index is 1050. The summed E-state index contributed by atoms with van der Waals surface area (Å²) in [5, 5.41) is 2.76. The maximum atomic E-state index is 12.2.